The van der Waals surface area contributed by atoms with Gasteiger partial charge in [-0.25, -0.2) is 15.0 Å². The third kappa shape index (κ3) is 17.8. The van der Waals surface area contributed by atoms with Gasteiger partial charge in [0.1, 0.15) is 0 Å². The Labute approximate surface area is 437 Å². The zero-order valence-corrected chi connectivity index (χ0v) is 44.4. The molecule has 0 N–H and O–H groups in total. The SMILES string of the molecule is CCCCCCCCCCCCOc1cc2nc(/C=C/c3ccc(-c4cc(-c5ccccn5)nc(-c5ccccn5)c4)cc3)c(/C=C/c3ccc(N(C)C)cc3)nc2cc1OCCCCCCCCCCCC. The number of rotatable bonds is 32. The molecule has 0 radical (unpaired) electrons. The van der Waals surface area contributed by atoms with Crippen LogP contribution < -0.4 is 14.4 Å². The third-order valence-corrected chi connectivity index (χ3v) is 13.5. The number of hydrogen-bond acceptors (Lipinski definition) is 8. The van der Waals surface area contributed by atoms with Crippen LogP contribution in [0.5, 0.6) is 11.5 Å². The van der Waals surface area contributed by atoms with Crippen LogP contribution >= 0.6 is 0 Å². The molecule has 8 heteroatoms. The summed E-state index contributed by atoms with van der Waals surface area (Å²) in [6.45, 7) is 5.86. The summed E-state index contributed by atoms with van der Waals surface area (Å²) in [5, 5.41) is 0. The Bertz CT molecular complexity index is 2680. The first-order chi connectivity index (χ1) is 36.0. The van der Waals surface area contributed by atoms with E-state index >= 15 is 0 Å². The van der Waals surface area contributed by atoms with Crippen LogP contribution in [0.3, 0.4) is 0 Å². The number of benzene rings is 3. The van der Waals surface area contributed by atoms with Crippen LogP contribution in [0.1, 0.15) is 165 Å². The van der Waals surface area contributed by atoms with Crippen molar-refractivity contribution in [3.63, 3.8) is 0 Å². The van der Waals surface area contributed by atoms with Crippen LogP contribution in [0.15, 0.2) is 122 Å². The number of anilines is 1. The van der Waals surface area contributed by atoms with Gasteiger partial charge < -0.3 is 14.4 Å². The maximum atomic E-state index is 6.57. The van der Waals surface area contributed by atoms with E-state index in [0.29, 0.717) is 13.2 Å². The molecule has 382 valence electrons. The average molecular weight is 977 g/mol. The lowest BCUT2D eigenvalue weighted by atomic mass is 10.0. The monoisotopic (exact) mass is 977 g/mol. The van der Waals surface area contributed by atoms with Crippen molar-refractivity contribution >= 4 is 41.0 Å². The molecule has 0 spiro atoms. The largest absolute Gasteiger partial charge is 0.490 e. The van der Waals surface area contributed by atoms with E-state index in [0.717, 1.165) is 97.5 Å². The molecular formula is C65H80N6O2. The summed E-state index contributed by atoms with van der Waals surface area (Å²) < 4.78 is 13.1. The van der Waals surface area contributed by atoms with Crippen molar-refractivity contribution in [1.29, 1.82) is 0 Å². The predicted molar refractivity (Wildman–Crippen MR) is 309 cm³/mol. The maximum absolute atomic E-state index is 6.57. The smallest absolute Gasteiger partial charge is 0.163 e. The van der Waals surface area contributed by atoms with E-state index in [1.807, 2.05) is 48.5 Å². The van der Waals surface area contributed by atoms with Crippen molar-refractivity contribution in [2.24, 2.45) is 0 Å². The van der Waals surface area contributed by atoms with Gasteiger partial charge in [0.05, 0.1) is 58.4 Å². The third-order valence-electron chi connectivity index (χ3n) is 13.5. The molecular weight excluding hydrogens is 897 g/mol. The molecule has 0 aliphatic carbocycles. The van der Waals surface area contributed by atoms with Gasteiger partial charge in [0.2, 0.25) is 0 Å². The first-order valence-corrected chi connectivity index (χ1v) is 27.7. The Morgan fingerprint density at radius 1 is 0.397 bits per heavy atom. The molecule has 0 saturated heterocycles. The Morgan fingerprint density at radius 3 is 1.21 bits per heavy atom. The molecule has 7 rings (SSSR count). The van der Waals surface area contributed by atoms with Crippen LogP contribution in [-0.2, 0) is 0 Å². The highest BCUT2D eigenvalue weighted by molar-refractivity contribution is 5.85. The van der Waals surface area contributed by atoms with Gasteiger partial charge in [-0.3, -0.25) is 9.97 Å². The molecule has 0 amide bonds. The van der Waals surface area contributed by atoms with Crippen LogP contribution in [0.4, 0.5) is 5.69 Å². The number of fused-ring (bicyclic) bond motifs is 1. The Balaban J connectivity index is 1.12. The van der Waals surface area contributed by atoms with Gasteiger partial charge in [0.15, 0.2) is 11.5 Å². The van der Waals surface area contributed by atoms with E-state index in [-0.39, 0.29) is 0 Å². The quantitative estimate of drug-likeness (QED) is 0.0386. The summed E-state index contributed by atoms with van der Waals surface area (Å²) in [6.07, 6.45) is 37.6. The second kappa shape index (κ2) is 30.4. The van der Waals surface area contributed by atoms with E-state index in [1.54, 1.807) is 12.4 Å². The van der Waals surface area contributed by atoms with Crippen LogP contribution in [0, 0.1) is 0 Å². The van der Waals surface area contributed by atoms with E-state index in [1.165, 1.54) is 116 Å². The van der Waals surface area contributed by atoms with Crippen LogP contribution in [0.2, 0.25) is 0 Å². The normalized spacial score (nSPS) is 11.6. The predicted octanol–water partition coefficient (Wildman–Crippen LogP) is 17.8. The topological polar surface area (TPSA) is 86.2 Å². The van der Waals surface area contributed by atoms with Gasteiger partial charge in [-0.05, 0) is 95.8 Å². The Kier molecular flexibility index (Phi) is 22.5. The van der Waals surface area contributed by atoms with Crippen LogP contribution in [0.25, 0.3) is 69.2 Å². The molecule has 4 heterocycles. The van der Waals surface area contributed by atoms with E-state index in [2.05, 4.69) is 128 Å². The minimum atomic E-state index is 0.647. The van der Waals surface area contributed by atoms with Gasteiger partial charge in [-0.15, -0.1) is 0 Å². The first-order valence-electron chi connectivity index (χ1n) is 27.7. The van der Waals surface area contributed by atoms with Crippen molar-refractivity contribution in [1.82, 2.24) is 24.9 Å². The lowest BCUT2D eigenvalue weighted by molar-refractivity contribution is 0.259. The summed E-state index contributed by atoms with van der Waals surface area (Å²) in [4.78, 5) is 26.9. The van der Waals surface area contributed by atoms with Crippen LogP contribution in [-0.4, -0.2) is 52.2 Å². The molecule has 0 aliphatic rings. The van der Waals surface area contributed by atoms with E-state index in [9.17, 15) is 0 Å². The molecule has 3 aromatic carbocycles. The Morgan fingerprint density at radius 2 is 0.808 bits per heavy atom. The van der Waals surface area contributed by atoms with Gasteiger partial charge in [0.25, 0.3) is 0 Å². The summed E-state index contributed by atoms with van der Waals surface area (Å²) in [7, 11) is 4.12. The number of pyridine rings is 3. The highest BCUT2D eigenvalue weighted by Crippen LogP contribution is 2.34. The minimum absolute atomic E-state index is 0.647. The van der Waals surface area contributed by atoms with E-state index in [4.69, 9.17) is 24.4 Å². The molecule has 0 aliphatic heterocycles. The molecule has 0 atom stereocenters. The molecule has 7 aromatic rings. The van der Waals surface area contributed by atoms with Gasteiger partial charge in [-0.2, -0.15) is 0 Å². The molecule has 73 heavy (non-hydrogen) atoms. The summed E-state index contributed by atoms with van der Waals surface area (Å²) in [5.74, 6) is 1.49. The average Bonchev–Trinajstić information content (AvgIpc) is 3.43. The summed E-state index contributed by atoms with van der Waals surface area (Å²) in [6, 6.07) is 37.2. The lowest BCUT2D eigenvalue weighted by Crippen LogP contribution is -2.07. The van der Waals surface area contributed by atoms with E-state index < -0.39 is 0 Å². The molecule has 0 fully saturated rings. The zero-order chi connectivity index (χ0) is 50.7. The van der Waals surface area contributed by atoms with Gasteiger partial charge in [-0.1, -0.05) is 190 Å². The standard InChI is InChI=1S/C65H80N6O2/c1-5-7-9-11-13-15-17-19-21-27-45-72-64-49-62-63(50-65(64)73-46-28-22-20-18-16-14-12-10-8-6-2)69-59(42-36-52-33-39-55(40-34-52)71(3)4)58(68-62)41-35-51-31-37-53(38-32-51)54-47-60(56-29-23-25-43-66-56)70-61(48-54)57-30-24-26-44-67-57/h23-26,29-44,47-50H,5-22,27-28,45-46H2,1-4H3/b41-35+,42-36+. The summed E-state index contributed by atoms with van der Waals surface area (Å²) >= 11 is 0. The highest BCUT2D eigenvalue weighted by Gasteiger charge is 2.14. The molecule has 0 unspecified atom stereocenters. The molecule has 4 aromatic heterocycles. The van der Waals surface area contributed by atoms with Crippen molar-refractivity contribution in [2.75, 3.05) is 32.2 Å². The second-order valence-corrected chi connectivity index (χ2v) is 19.7. The van der Waals surface area contributed by atoms with Crippen molar-refractivity contribution < 1.29 is 9.47 Å². The number of hydrogen-bond donors (Lipinski definition) is 0. The number of nitrogens with zero attached hydrogens (tertiary/aromatic N) is 6. The van der Waals surface area contributed by atoms with Crippen molar-refractivity contribution in [2.45, 2.75) is 142 Å². The fraction of sp³-hybridized carbons (Fsp3) is 0.400. The Hall–Kier alpha value is -6.67. The van der Waals surface area contributed by atoms with Crippen molar-refractivity contribution in [3.05, 3.63) is 144 Å². The fourth-order valence-electron chi connectivity index (χ4n) is 9.11. The van der Waals surface area contributed by atoms with Gasteiger partial charge >= 0.3 is 0 Å². The highest BCUT2D eigenvalue weighted by atomic mass is 16.5. The minimum Gasteiger partial charge on any atom is -0.490 e. The maximum Gasteiger partial charge on any atom is 0.163 e. The second-order valence-electron chi connectivity index (χ2n) is 19.7. The first kappa shape index (κ1) is 54.1. The lowest BCUT2D eigenvalue weighted by Gasteiger charge is -2.15. The van der Waals surface area contributed by atoms with Gasteiger partial charge in [0, 0.05) is 44.3 Å². The number of unbranched alkanes of at least 4 members (excludes halogenated alkanes) is 18. The summed E-state index contributed by atoms with van der Waals surface area (Å²) in [5.41, 5.74) is 11.7. The molecule has 0 bridgehead atoms. The molecule has 0 saturated carbocycles. The fourth-order valence-corrected chi connectivity index (χ4v) is 9.11. The van der Waals surface area contributed by atoms with Crippen molar-refractivity contribution in [3.8, 4) is 45.4 Å². The molecule has 8 nitrogen and oxygen atoms in total. The zero-order valence-electron chi connectivity index (χ0n) is 44.4. The number of aromatic nitrogens is 5. The number of ether oxygens (including phenoxy) is 2.